The number of hydrogen-bond donors (Lipinski definition) is 0. The van der Waals surface area contributed by atoms with Crippen molar-refractivity contribution < 1.29 is 4.79 Å². The van der Waals surface area contributed by atoms with Crippen LogP contribution in [0.4, 0.5) is 5.69 Å². The molecule has 0 aromatic heterocycles. The summed E-state index contributed by atoms with van der Waals surface area (Å²) in [5.41, 5.74) is 4.84. The van der Waals surface area contributed by atoms with Crippen LogP contribution in [-0.4, -0.2) is 61.9 Å². The van der Waals surface area contributed by atoms with Gasteiger partial charge in [-0.1, -0.05) is 62.4 Å². The van der Waals surface area contributed by atoms with Crippen molar-refractivity contribution in [2.24, 2.45) is 0 Å². The van der Waals surface area contributed by atoms with Gasteiger partial charge in [0.2, 0.25) is 0 Å². The van der Waals surface area contributed by atoms with Crippen LogP contribution in [-0.2, 0) is 16.6 Å². The first kappa shape index (κ1) is 20.8. The Morgan fingerprint density at radius 1 is 0.933 bits per heavy atom. The van der Waals surface area contributed by atoms with Gasteiger partial charge in [0, 0.05) is 62.6 Å². The number of ketones is 1. The summed E-state index contributed by atoms with van der Waals surface area (Å²) in [6.07, 6.45) is 2.97. The summed E-state index contributed by atoms with van der Waals surface area (Å²) < 4.78 is 0. The van der Waals surface area contributed by atoms with Crippen molar-refractivity contribution in [2.45, 2.75) is 25.7 Å². The molecule has 0 bridgehead atoms. The van der Waals surface area contributed by atoms with Gasteiger partial charge in [0.25, 0.3) is 0 Å². The summed E-state index contributed by atoms with van der Waals surface area (Å²) in [7, 11) is 2.07. The smallest absolute Gasteiger partial charge is 0.171 e. The number of allylic oxidation sites excluding steroid dienone is 1. The second-order valence-corrected chi connectivity index (χ2v) is 9.05. The molecule has 4 heteroatoms. The number of para-hydroxylation sites is 1. The van der Waals surface area contributed by atoms with Gasteiger partial charge >= 0.3 is 0 Å². The quantitative estimate of drug-likeness (QED) is 0.687. The molecule has 2 aliphatic rings. The second kappa shape index (κ2) is 8.75. The molecule has 4 nitrogen and oxygen atoms in total. The van der Waals surface area contributed by atoms with Crippen LogP contribution >= 0.6 is 0 Å². The molecule has 0 radical (unpaired) electrons. The van der Waals surface area contributed by atoms with E-state index < -0.39 is 0 Å². The SMILES string of the molecule is CN1/C(=C\C(=O)CN2CCN(CCc3ccccc3)CC2)C(C)(C)c2ccccc21. The first-order valence-corrected chi connectivity index (χ1v) is 11.0. The van der Waals surface area contributed by atoms with Crippen LogP contribution in [0, 0.1) is 0 Å². The third-order valence-electron chi connectivity index (χ3n) is 6.64. The number of fused-ring (bicyclic) bond motifs is 1. The minimum Gasteiger partial charge on any atom is -0.347 e. The van der Waals surface area contributed by atoms with Gasteiger partial charge in [0.1, 0.15) is 0 Å². The van der Waals surface area contributed by atoms with E-state index in [-0.39, 0.29) is 11.2 Å². The van der Waals surface area contributed by atoms with E-state index in [0.29, 0.717) is 6.54 Å². The molecule has 30 heavy (non-hydrogen) atoms. The minimum atomic E-state index is -0.142. The molecule has 0 N–H and O–H groups in total. The molecule has 0 spiro atoms. The van der Waals surface area contributed by atoms with E-state index >= 15 is 0 Å². The summed E-state index contributed by atoms with van der Waals surface area (Å²) in [6.45, 7) is 10.0. The maximum Gasteiger partial charge on any atom is 0.171 e. The lowest BCUT2D eigenvalue weighted by Crippen LogP contribution is -2.48. The first-order chi connectivity index (χ1) is 14.4. The number of rotatable bonds is 6. The Morgan fingerprint density at radius 2 is 1.57 bits per heavy atom. The topological polar surface area (TPSA) is 26.8 Å². The largest absolute Gasteiger partial charge is 0.347 e. The van der Waals surface area contributed by atoms with Gasteiger partial charge in [-0.2, -0.15) is 0 Å². The normalized spacial score (nSPS) is 20.5. The predicted molar refractivity (Wildman–Crippen MR) is 124 cm³/mol. The van der Waals surface area contributed by atoms with Crippen molar-refractivity contribution in [2.75, 3.05) is 51.2 Å². The number of anilines is 1. The highest BCUT2D eigenvalue weighted by atomic mass is 16.1. The third kappa shape index (κ3) is 4.35. The van der Waals surface area contributed by atoms with Crippen LogP contribution in [0.5, 0.6) is 0 Å². The van der Waals surface area contributed by atoms with Gasteiger partial charge in [0.05, 0.1) is 6.54 Å². The number of carbonyl (C=O) groups is 1. The minimum absolute atomic E-state index is 0.142. The number of benzene rings is 2. The van der Waals surface area contributed by atoms with E-state index in [9.17, 15) is 4.79 Å². The van der Waals surface area contributed by atoms with Crippen molar-refractivity contribution in [1.29, 1.82) is 0 Å². The maximum atomic E-state index is 12.9. The third-order valence-corrected chi connectivity index (χ3v) is 6.64. The van der Waals surface area contributed by atoms with Gasteiger partial charge < -0.3 is 9.80 Å². The van der Waals surface area contributed by atoms with Crippen molar-refractivity contribution in [3.05, 3.63) is 77.5 Å². The number of piperazine rings is 1. The molecule has 2 aromatic carbocycles. The molecule has 0 unspecified atom stereocenters. The molecule has 158 valence electrons. The zero-order valence-corrected chi connectivity index (χ0v) is 18.5. The molecule has 2 aliphatic heterocycles. The van der Waals surface area contributed by atoms with Crippen molar-refractivity contribution >= 4 is 11.5 Å². The van der Waals surface area contributed by atoms with Crippen molar-refractivity contribution in [3.8, 4) is 0 Å². The summed E-state index contributed by atoms with van der Waals surface area (Å²) in [5.74, 6) is 0.204. The van der Waals surface area contributed by atoms with E-state index in [4.69, 9.17) is 0 Å². The summed E-state index contributed by atoms with van der Waals surface area (Å²) in [5, 5.41) is 0. The van der Waals surface area contributed by atoms with E-state index in [1.54, 1.807) is 0 Å². The Balaban J connectivity index is 1.30. The Morgan fingerprint density at radius 3 is 2.27 bits per heavy atom. The fourth-order valence-corrected chi connectivity index (χ4v) is 4.78. The van der Waals surface area contributed by atoms with E-state index in [1.807, 2.05) is 6.08 Å². The van der Waals surface area contributed by atoms with E-state index in [2.05, 4.69) is 90.2 Å². The van der Waals surface area contributed by atoms with Crippen LogP contribution in [0.1, 0.15) is 25.0 Å². The first-order valence-electron chi connectivity index (χ1n) is 11.0. The molecular weight excluding hydrogens is 370 g/mol. The number of nitrogens with zero attached hydrogens (tertiary/aromatic N) is 3. The van der Waals surface area contributed by atoms with Gasteiger partial charge in [-0.05, 0) is 23.6 Å². The predicted octanol–water partition coefficient (Wildman–Crippen LogP) is 3.73. The summed E-state index contributed by atoms with van der Waals surface area (Å²) in [6, 6.07) is 19.1. The Labute approximate surface area is 180 Å². The summed E-state index contributed by atoms with van der Waals surface area (Å²) >= 11 is 0. The standard InChI is InChI=1S/C26H33N3O/c1-26(2)23-11-7-8-12-24(23)27(3)25(26)19-22(30)20-29-17-15-28(16-18-29)14-13-21-9-5-4-6-10-21/h4-12,19H,13-18,20H2,1-3H3/b25-19-. The molecule has 0 saturated carbocycles. The van der Waals surface area contributed by atoms with Crippen LogP contribution in [0.3, 0.4) is 0 Å². The van der Waals surface area contributed by atoms with E-state index in [0.717, 1.165) is 44.8 Å². The molecule has 0 amide bonds. The average Bonchev–Trinajstić information content (AvgIpc) is 2.95. The zero-order chi connectivity index (χ0) is 21.1. The van der Waals surface area contributed by atoms with Gasteiger partial charge in [-0.15, -0.1) is 0 Å². The Hall–Kier alpha value is -2.43. The Kier molecular flexibility index (Phi) is 6.07. The van der Waals surface area contributed by atoms with Crippen LogP contribution in [0.15, 0.2) is 66.4 Å². The average molecular weight is 404 g/mol. The molecule has 2 aromatic rings. The van der Waals surface area contributed by atoms with Crippen LogP contribution in [0.2, 0.25) is 0 Å². The Bertz CT molecular complexity index is 911. The number of likely N-dealkylation sites (N-methyl/N-ethyl adjacent to an activating group) is 1. The van der Waals surface area contributed by atoms with Gasteiger partial charge in [-0.3, -0.25) is 9.69 Å². The fourth-order valence-electron chi connectivity index (χ4n) is 4.78. The molecular formula is C26H33N3O. The highest BCUT2D eigenvalue weighted by Crippen LogP contribution is 2.46. The highest BCUT2D eigenvalue weighted by Gasteiger charge is 2.38. The molecule has 0 aliphatic carbocycles. The molecule has 1 saturated heterocycles. The van der Waals surface area contributed by atoms with Crippen molar-refractivity contribution in [3.63, 3.8) is 0 Å². The summed E-state index contributed by atoms with van der Waals surface area (Å²) in [4.78, 5) is 19.9. The number of carbonyl (C=O) groups excluding carboxylic acids is 1. The lowest BCUT2D eigenvalue weighted by atomic mass is 9.83. The molecule has 4 rings (SSSR count). The second-order valence-electron chi connectivity index (χ2n) is 9.05. The molecule has 1 fully saturated rings. The van der Waals surface area contributed by atoms with Crippen LogP contribution < -0.4 is 4.90 Å². The maximum absolute atomic E-state index is 12.9. The van der Waals surface area contributed by atoms with Gasteiger partial charge in [-0.25, -0.2) is 0 Å². The van der Waals surface area contributed by atoms with Crippen LogP contribution in [0.25, 0.3) is 0 Å². The van der Waals surface area contributed by atoms with Crippen molar-refractivity contribution in [1.82, 2.24) is 9.80 Å². The lowest BCUT2D eigenvalue weighted by molar-refractivity contribution is -0.116. The van der Waals surface area contributed by atoms with E-state index in [1.165, 1.54) is 16.8 Å². The molecule has 0 atom stereocenters. The lowest BCUT2D eigenvalue weighted by Gasteiger charge is -2.34. The zero-order valence-electron chi connectivity index (χ0n) is 18.5. The number of hydrogen-bond acceptors (Lipinski definition) is 4. The highest BCUT2D eigenvalue weighted by molar-refractivity contribution is 5.94. The molecule has 2 heterocycles. The van der Waals surface area contributed by atoms with Gasteiger partial charge in [0.15, 0.2) is 5.78 Å². The fraction of sp³-hybridized carbons (Fsp3) is 0.423. The monoisotopic (exact) mass is 403 g/mol.